The summed E-state index contributed by atoms with van der Waals surface area (Å²) in [7, 11) is 0. The minimum Gasteiger partial charge on any atom is -0.492 e. The van der Waals surface area contributed by atoms with Crippen molar-refractivity contribution < 1.29 is 4.74 Å². The number of hydrogen-bond acceptors (Lipinski definition) is 2. The molecule has 0 heterocycles. The minimum absolute atomic E-state index is 0.727. The molecule has 0 atom stereocenters. The summed E-state index contributed by atoms with van der Waals surface area (Å²) in [4.78, 5) is 0. The first-order valence-electron chi connectivity index (χ1n) is 7.47. The summed E-state index contributed by atoms with van der Waals surface area (Å²) in [5.74, 6) is 0.932. The van der Waals surface area contributed by atoms with Gasteiger partial charge in [0.2, 0.25) is 0 Å². The summed E-state index contributed by atoms with van der Waals surface area (Å²) in [6.07, 6.45) is 0.999. The SMILES string of the molecule is CCCOc1c(Br)cc(Br)cc1CNCc1ccc(C)cc1. The van der Waals surface area contributed by atoms with Gasteiger partial charge in [0.1, 0.15) is 5.75 Å². The monoisotopic (exact) mass is 425 g/mol. The number of aryl methyl sites for hydroxylation is 1. The fourth-order valence-corrected chi connectivity index (χ4v) is 3.59. The Hall–Kier alpha value is -0.840. The van der Waals surface area contributed by atoms with Crippen molar-refractivity contribution in [3.63, 3.8) is 0 Å². The molecule has 0 aliphatic carbocycles. The fraction of sp³-hybridized carbons (Fsp3) is 0.333. The highest BCUT2D eigenvalue weighted by atomic mass is 79.9. The van der Waals surface area contributed by atoms with Crippen LogP contribution in [0.3, 0.4) is 0 Å². The number of rotatable bonds is 7. The molecule has 2 aromatic carbocycles. The lowest BCUT2D eigenvalue weighted by molar-refractivity contribution is 0.311. The second-order valence-electron chi connectivity index (χ2n) is 5.31. The Morgan fingerprint density at radius 2 is 1.77 bits per heavy atom. The molecule has 0 saturated carbocycles. The van der Waals surface area contributed by atoms with E-state index in [1.54, 1.807) is 0 Å². The highest BCUT2D eigenvalue weighted by Crippen LogP contribution is 2.33. The topological polar surface area (TPSA) is 21.3 Å². The van der Waals surface area contributed by atoms with Crippen molar-refractivity contribution in [2.75, 3.05) is 6.61 Å². The van der Waals surface area contributed by atoms with Crippen LogP contribution in [0.4, 0.5) is 0 Å². The van der Waals surface area contributed by atoms with Crippen LogP contribution in [-0.2, 0) is 13.1 Å². The zero-order chi connectivity index (χ0) is 15.9. The summed E-state index contributed by atoms with van der Waals surface area (Å²) in [5.41, 5.74) is 3.73. The van der Waals surface area contributed by atoms with E-state index in [-0.39, 0.29) is 0 Å². The fourth-order valence-electron chi connectivity index (χ4n) is 2.16. The predicted octanol–water partition coefficient (Wildman–Crippen LogP) is 5.60. The standard InChI is InChI=1S/C18H21Br2NO/c1-3-8-22-18-15(9-16(19)10-17(18)20)12-21-11-14-6-4-13(2)5-7-14/h4-7,9-10,21H,3,8,11-12H2,1-2H3. The molecule has 0 unspecified atom stereocenters. The van der Waals surface area contributed by atoms with E-state index < -0.39 is 0 Å². The predicted molar refractivity (Wildman–Crippen MR) is 99.4 cm³/mol. The van der Waals surface area contributed by atoms with Gasteiger partial charge >= 0.3 is 0 Å². The molecular weight excluding hydrogens is 406 g/mol. The summed E-state index contributed by atoms with van der Waals surface area (Å²) in [6, 6.07) is 12.7. The van der Waals surface area contributed by atoms with Gasteiger partial charge in [-0.25, -0.2) is 0 Å². The maximum atomic E-state index is 5.88. The second-order valence-corrected chi connectivity index (χ2v) is 7.08. The average Bonchev–Trinajstić information content (AvgIpc) is 2.48. The third-order valence-electron chi connectivity index (χ3n) is 3.30. The third-order valence-corrected chi connectivity index (χ3v) is 4.35. The van der Waals surface area contributed by atoms with E-state index >= 15 is 0 Å². The first kappa shape index (κ1) is 17.5. The molecule has 2 nitrogen and oxygen atoms in total. The molecule has 0 radical (unpaired) electrons. The van der Waals surface area contributed by atoms with Gasteiger partial charge in [-0.3, -0.25) is 0 Å². The van der Waals surface area contributed by atoms with Crippen molar-refractivity contribution in [2.24, 2.45) is 0 Å². The Morgan fingerprint density at radius 3 is 2.45 bits per heavy atom. The van der Waals surface area contributed by atoms with Gasteiger partial charge in [0, 0.05) is 23.1 Å². The molecular formula is C18H21Br2NO. The molecule has 0 fully saturated rings. The van der Waals surface area contributed by atoms with Gasteiger partial charge in [0.25, 0.3) is 0 Å². The molecule has 0 bridgehead atoms. The van der Waals surface area contributed by atoms with Gasteiger partial charge in [-0.15, -0.1) is 0 Å². The molecule has 0 spiro atoms. The van der Waals surface area contributed by atoms with Gasteiger partial charge in [0.15, 0.2) is 0 Å². The Morgan fingerprint density at radius 1 is 1.05 bits per heavy atom. The summed E-state index contributed by atoms with van der Waals surface area (Å²) in [6.45, 7) is 6.56. The Bertz CT molecular complexity index is 611. The van der Waals surface area contributed by atoms with E-state index in [2.05, 4.69) is 81.4 Å². The first-order valence-corrected chi connectivity index (χ1v) is 9.05. The van der Waals surface area contributed by atoms with Gasteiger partial charge in [0.05, 0.1) is 11.1 Å². The number of halogens is 2. The van der Waals surface area contributed by atoms with E-state index in [9.17, 15) is 0 Å². The van der Waals surface area contributed by atoms with Gasteiger partial charge in [-0.1, -0.05) is 52.7 Å². The molecule has 4 heteroatoms. The zero-order valence-electron chi connectivity index (χ0n) is 13.0. The number of hydrogen-bond donors (Lipinski definition) is 1. The van der Waals surface area contributed by atoms with Crippen molar-refractivity contribution in [3.8, 4) is 5.75 Å². The van der Waals surface area contributed by atoms with Crippen LogP contribution in [0.25, 0.3) is 0 Å². The summed E-state index contributed by atoms with van der Waals surface area (Å²) in [5, 5.41) is 3.49. The smallest absolute Gasteiger partial charge is 0.138 e. The van der Waals surface area contributed by atoms with Crippen LogP contribution < -0.4 is 10.1 Å². The van der Waals surface area contributed by atoms with Crippen molar-refractivity contribution in [2.45, 2.75) is 33.4 Å². The van der Waals surface area contributed by atoms with Crippen LogP contribution >= 0.6 is 31.9 Å². The Kier molecular flexibility index (Phi) is 6.93. The first-order chi connectivity index (χ1) is 10.6. The lowest BCUT2D eigenvalue weighted by atomic mass is 10.1. The van der Waals surface area contributed by atoms with Gasteiger partial charge in [-0.2, -0.15) is 0 Å². The van der Waals surface area contributed by atoms with Crippen molar-refractivity contribution in [1.29, 1.82) is 0 Å². The van der Waals surface area contributed by atoms with E-state index in [4.69, 9.17) is 4.74 Å². The van der Waals surface area contributed by atoms with Crippen molar-refractivity contribution in [1.82, 2.24) is 5.32 Å². The molecule has 22 heavy (non-hydrogen) atoms. The summed E-state index contributed by atoms with van der Waals surface area (Å²) >= 11 is 7.14. The highest BCUT2D eigenvalue weighted by molar-refractivity contribution is 9.11. The Labute approximate surface area is 149 Å². The average molecular weight is 427 g/mol. The molecule has 118 valence electrons. The third kappa shape index (κ3) is 5.11. The maximum absolute atomic E-state index is 5.88. The Balaban J connectivity index is 2.03. The van der Waals surface area contributed by atoms with E-state index in [0.717, 1.165) is 46.4 Å². The summed E-state index contributed by atoms with van der Waals surface area (Å²) < 4.78 is 7.92. The lowest BCUT2D eigenvalue weighted by Crippen LogP contribution is -2.14. The van der Waals surface area contributed by atoms with Crippen LogP contribution in [0, 0.1) is 6.92 Å². The van der Waals surface area contributed by atoms with E-state index in [0.29, 0.717) is 0 Å². The van der Waals surface area contributed by atoms with Crippen molar-refractivity contribution >= 4 is 31.9 Å². The molecule has 2 rings (SSSR count). The lowest BCUT2D eigenvalue weighted by Gasteiger charge is -2.14. The second kappa shape index (κ2) is 8.70. The largest absolute Gasteiger partial charge is 0.492 e. The maximum Gasteiger partial charge on any atom is 0.138 e. The number of benzene rings is 2. The number of ether oxygens (including phenoxy) is 1. The van der Waals surface area contributed by atoms with Crippen LogP contribution in [0.5, 0.6) is 5.75 Å². The van der Waals surface area contributed by atoms with Gasteiger partial charge < -0.3 is 10.1 Å². The minimum atomic E-state index is 0.727. The number of nitrogens with one attached hydrogen (secondary N) is 1. The molecule has 0 amide bonds. The molecule has 0 saturated heterocycles. The highest BCUT2D eigenvalue weighted by Gasteiger charge is 2.10. The molecule has 0 aliphatic heterocycles. The normalized spacial score (nSPS) is 10.7. The zero-order valence-corrected chi connectivity index (χ0v) is 16.1. The van der Waals surface area contributed by atoms with Crippen LogP contribution in [0.1, 0.15) is 30.0 Å². The quantitative estimate of drug-likeness (QED) is 0.622. The molecule has 0 aromatic heterocycles. The van der Waals surface area contributed by atoms with Crippen LogP contribution in [0.2, 0.25) is 0 Å². The molecule has 2 aromatic rings. The van der Waals surface area contributed by atoms with E-state index in [1.165, 1.54) is 11.1 Å². The van der Waals surface area contributed by atoms with Crippen LogP contribution in [0.15, 0.2) is 45.3 Å². The van der Waals surface area contributed by atoms with E-state index in [1.807, 2.05) is 6.07 Å². The van der Waals surface area contributed by atoms with Crippen LogP contribution in [-0.4, -0.2) is 6.61 Å². The van der Waals surface area contributed by atoms with Gasteiger partial charge in [-0.05, 0) is 47.0 Å². The molecule has 0 aliphatic rings. The van der Waals surface area contributed by atoms with Crippen molar-refractivity contribution in [3.05, 3.63) is 62.0 Å². The molecule has 1 N–H and O–H groups in total.